The van der Waals surface area contributed by atoms with Crippen molar-refractivity contribution in [1.29, 1.82) is 0 Å². The first-order valence-electron chi connectivity index (χ1n) is 6.72. The lowest BCUT2D eigenvalue weighted by Crippen LogP contribution is -1.98. The SMILES string of the molecule is Cc1oc(-c2nnc(-c3ccccc3C(=O)O)o2)c(C)c1C. The summed E-state index contributed by atoms with van der Waals surface area (Å²) in [6.45, 7) is 5.73. The van der Waals surface area contributed by atoms with E-state index in [0.29, 0.717) is 11.3 Å². The summed E-state index contributed by atoms with van der Waals surface area (Å²) in [7, 11) is 0. The van der Waals surface area contributed by atoms with Gasteiger partial charge in [-0.05, 0) is 38.5 Å². The molecular weight excluding hydrogens is 284 g/mol. The van der Waals surface area contributed by atoms with Crippen LogP contribution in [-0.4, -0.2) is 21.3 Å². The van der Waals surface area contributed by atoms with E-state index in [1.165, 1.54) is 6.07 Å². The molecule has 6 nitrogen and oxygen atoms in total. The fourth-order valence-corrected chi connectivity index (χ4v) is 2.22. The number of carbonyl (C=O) groups is 1. The molecule has 112 valence electrons. The number of furan rings is 1. The molecule has 2 heterocycles. The topological polar surface area (TPSA) is 89.4 Å². The number of hydrogen-bond donors (Lipinski definition) is 1. The van der Waals surface area contributed by atoms with Crippen LogP contribution in [0.15, 0.2) is 33.1 Å². The number of carboxylic acid groups (broad SMARTS) is 1. The standard InChI is InChI=1S/C16H14N2O4/c1-8-9(2)13(21-10(8)3)15-18-17-14(22-15)11-6-4-5-7-12(11)16(19)20/h4-7H,1-3H3,(H,19,20). The van der Waals surface area contributed by atoms with Gasteiger partial charge in [-0.1, -0.05) is 12.1 Å². The lowest BCUT2D eigenvalue weighted by atomic mass is 10.1. The summed E-state index contributed by atoms with van der Waals surface area (Å²) >= 11 is 0. The van der Waals surface area contributed by atoms with Gasteiger partial charge in [0, 0.05) is 5.56 Å². The van der Waals surface area contributed by atoms with Gasteiger partial charge in [-0.25, -0.2) is 4.79 Å². The number of rotatable bonds is 3. The minimum Gasteiger partial charge on any atom is -0.478 e. The Morgan fingerprint density at radius 1 is 1.00 bits per heavy atom. The van der Waals surface area contributed by atoms with Crippen molar-refractivity contribution in [3.05, 3.63) is 46.7 Å². The number of aryl methyl sites for hydroxylation is 1. The summed E-state index contributed by atoms with van der Waals surface area (Å²) in [6.07, 6.45) is 0. The van der Waals surface area contributed by atoms with Crippen molar-refractivity contribution in [3.63, 3.8) is 0 Å². The summed E-state index contributed by atoms with van der Waals surface area (Å²) in [5.41, 5.74) is 2.45. The fraction of sp³-hybridized carbons (Fsp3) is 0.188. The van der Waals surface area contributed by atoms with Gasteiger partial charge < -0.3 is 13.9 Å². The van der Waals surface area contributed by atoms with Gasteiger partial charge in [0.05, 0.1) is 11.1 Å². The molecule has 0 radical (unpaired) electrons. The molecule has 0 spiro atoms. The second-order valence-electron chi connectivity index (χ2n) is 5.00. The molecule has 3 rings (SSSR count). The smallest absolute Gasteiger partial charge is 0.336 e. The largest absolute Gasteiger partial charge is 0.478 e. The summed E-state index contributed by atoms with van der Waals surface area (Å²) in [6, 6.07) is 6.49. The normalized spacial score (nSPS) is 10.9. The quantitative estimate of drug-likeness (QED) is 0.794. The molecule has 2 aromatic heterocycles. The van der Waals surface area contributed by atoms with Crippen molar-refractivity contribution in [1.82, 2.24) is 10.2 Å². The second-order valence-corrected chi connectivity index (χ2v) is 5.00. The van der Waals surface area contributed by atoms with E-state index in [9.17, 15) is 9.90 Å². The van der Waals surface area contributed by atoms with Gasteiger partial charge in [-0.3, -0.25) is 0 Å². The van der Waals surface area contributed by atoms with Crippen LogP contribution in [0.1, 0.15) is 27.2 Å². The molecule has 0 unspecified atom stereocenters. The highest BCUT2D eigenvalue weighted by molar-refractivity contribution is 5.94. The number of nitrogens with zero attached hydrogens (tertiary/aromatic N) is 2. The van der Waals surface area contributed by atoms with Crippen LogP contribution in [-0.2, 0) is 0 Å². The molecule has 0 amide bonds. The maximum atomic E-state index is 11.3. The van der Waals surface area contributed by atoms with Gasteiger partial charge in [-0.15, -0.1) is 10.2 Å². The maximum Gasteiger partial charge on any atom is 0.336 e. The third-order valence-corrected chi connectivity index (χ3v) is 3.69. The third kappa shape index (κ3) is 2.18. The van der Waals surface area contributed by atoms with E-state index in [1.807, 2.05) is 20.8 Å². The van der Waals surface area contributed by atoms with E-state index in [0.717, 1.165) is 16.9 Å². The van der Waals surface area contributed by atoms with Gasteiger partial charge in [0.1, 0.15) is 5.76 Å². The van der Waals surface area contributed by atoms with Crippen LogP contribution in [0.3, 0.4) is 0 Å². The molecule has 0 aliphatic carbocycles. The molecule has 22 heavy (non-hydrogen) atoms. The van der Waals surface area contributed by atoms with Gasteiger partial charge in [0.25, 0.3) is 5.89 Å². The number of aromatic nitrogens is 2. The van der Waals surface area contributed by atoms with Crippen LogP contribution in [0.2, 0.25) is 0 Å². The number of benzene rings is 1. The van der Waals surface area contributed by atoms with Gasteiger partial charge in [0.15, 0.2) is 5.76 Å². The summed E-state index contributed by atoms with van der Waals surface area (Å²) < 4.78 is 11.3. The van der Waals surface area contributed by atoms with Crippen LogP contribution >= 0.6 is 0 Å². The lowest BCUT2D eigenvalue weighted by Gasteiger charge is -2.00. The minimum absolute atomic E-state index is 0.112. The molecule has 1 aromatic carbocycles. The highest BCUT2D eigenvalue weighted by Crippen LogP contribution is 2.31. The molecule has 0 aliphatic rings. The number of aromatic carboxylic acids is 1. The maximum absolute atomic E-state index is 11.3. The first-order valence-corrected chi connectivity index (χ1v) is 6.72. The van der Waals surface area contributed by atoms with Gasteiger partial charge in [0.2, 0.25) is 5.89 Å². The first kappa shape index (κ1) is 14.1. The molecule has 3 aromatic rings. The second kappa shape index (κ2) is 5.14. The van der Waals surface area contributed by atoms with E-state index in [4.69, 9.17) is 8.83 Å². The first-order chi connectivity index (χ1) is 10.5. The molecule has 0 saturated heterocycles. The molecule has 0 atom stereocenters. The van der Waals surface area contributed by atoms with Gasteiger partial charge in [-0.2, -0.15) is 0 Å². The predicted molar refractivity (Wildman–Crippen MR) is 78.6 cm³/mol. The van der Waals surface area contributed by atoms with Crippen molar-refractivity contribution >= 4 is 5.97 Å². The Kier molecular flexibility index (Phi) is 3.29. The monoisotopic (exact) mass is 298 g/mol. The number of hydrogen-bond acceptors (Lipinski definition) is 5. The Labute approximate surface area is 126 Å². The Bertz CT molecular complexity index is 861. The van der Waals surface area contributed by atoms with E-state index in [1.54, 1.807) is 18.2 Å². The van der Waals surface area contributed by atoms with Crippen LogP contribution in [0.5, 0.6) is 0 Å². The average molecular weight is 298 g/mol. The predicted octanol–water partition coefficient (Wildman–Crippen LogP) is 3.62. The molecule has 1 N–H and O–H groups in total. The molecule has 0 bridgehead atoms. The van der Waals surface area contributed by atoms with Crippen LogP contribution < -0.4 is 0 Å². The van der Waals surface area contributed by atoms with Crippen molar-refractivity contribution in [3.8, 4) is 23.1 Å². The van der Waals surface area contributed by atoms with Crippen LogP contribution in [0.25, 0.3) is 23.1 Å². The lowest BCUT2D eigenvalue weighted by molar-refractivity contribution is 0.0697. The average Bonchev–Trinajstić information content (AvgIpc) is 3.08. The fourth-order valence-electron chi connectivity index (χ4n) is 2.22. The van der Waals surface area contributed by atoms with Crippen molar-refractivity contribution in [2.75, 3.05) is 0 Å². The molecule has 6 heteroatoms. The Morgan fingerprint density at radius 3 is 2.32 bits per heavy atom. The Balaban J connectivity index is 2.08. The minimum atomic E-state index is -1.05. The number of carboxylic acids is 1. The zero-order valence-corrected chi connectivity index (χ0v) is 12.4. The molecule has 0 aliphatic heterocycles. The summed E-state index contributed by atoms with van der Waals surface area (Å²) in [5.74, 6) is 0.652. The zero-order chi connectivity index (χ0) is 15.9. The van der Waals surface area contributed by atoms with E-state index in [2.05, 4.69) is 10.2 Å². The Morgan fingerprint density at radius 2 is 1.68 bits per heavy atom. The highest BCUT2D eigenvalue weighted by Gasteiger charge is 2.21. The van der Waals surface area contributed by atoms with E-state index < -0.39 is 5.97 Å². The van der Waals surface area contributed by atoms with Crippen LogP contribution in [0, 0.1) is 20.8 Å². The van der Waals surface area contributed by atoms with Gasteiger partial charge >= 0.3 is 5.97 Å². The van der Waals surface area contributed by atoms with Crippen molar-refractivity contribution < 1.29 is 18.7 Å². The molecular formula is C16H14N2O4. The van der Waals surface area contributed by atoms with E-state index in [-0.39, 0.29) is 17.3 Å². The third-order valence-electron chi connectivity index (χ3n) is 3.69. The molecule has 0 fully saturated rings. The van der Waals surface area contributed by atoms with Crippen molar-refractivity contribution in [2.24, 2.45) is 0 Å². The summed E-state index contributed by atoms with van der Waals surface area (Å²) in [4.78, 5) is 11.3. The van der Waals surface area contributed by atoms with Crippen LogP contribution in [0.4, 0.5) is 0 Å². The van der Waals surface area contributed by atoms with E-state index >= 15 is 0 Å². The zero-order valence-electron chi connectivity index (χ0n) is 12.4. The van der Waals surface area contributed by atoms with Crippen molar-refractivity contribution in [2.45, 2.75) is 20.8 Å². The summed E-state index contributed by atoms with van der Waals surface area (Å²) in [5, 5.41) is 17.1. The Hall–Kier alpha value is -2.89. The molecule has 0 saturated carbocycles. The highest BCUT2D eigenvalue weighted by atomic mass is 16.4.